The zero-order chi connectivity index (χ0) is 8.39. The maximum absolute atomic E-state index is 8.63. The molecule has 1 aromatic heterocycles. The summed E-state index contributed by atoms with van der Waals surface area (Å²) < 4.78 is 0. The molecule has 3 heteroatoms. The molecule has 0 spiro atoms. The fraction of sp³-hybridized carbons (Fsp3) is 0. The van der Waals surface area contributed by atoms with Crippen molar-refractivity contribution in [2.75, 3.05) is 0 Å². The molecule has 64 valence electrons. The van der Waals surface area contributed by atoms with Gasteiger partial charge in [-0.25, -0.2) is 0 Å². The Morgan fingerprint density at radius 1 is 1.23 bits per heavy atom. The lowest BCUT2D eigenvalue weighted by molar-refractivity contribution is 1.11. The Hall–Kier alpha value is -1.95. The first-order valence-corrected chi connectivity index (χ1v) is 3.65. The molecule has 0 saturated heterocycles. The summed E-state index contributed by atoms with van der Waals surface area (Å²) in [4.78, 5) is 4.15. The Labute approximate surface area is 74.8 Å². The highest BCUT2D eigenvalue weighted by Gasteiger charge is 1.93. The number of fused-ring (bicyclic) bond motifs is 1. The van der Waals surface area contributed by atoms with Crippen molar-refractivity contribution in [2.45, 2.75) is 0 Å². The van der Waals surface area contributed by atoms with Crippen LogP contribution in [0.15, 0.2) is 36.5 Å². The number of hydrogen-bond acceptors (Lipinski definition) is 2. The molecule has 0 amide bonds. The molecule has 2 aromatic rings. The van der Waals surface area contributed by atoms with Gasteiger partial charge in [0.05, 0.1) is 17.1 Å². The van der Waals surface area contributed by atoms with Gasteiger partial charge < -0.3 is 0 Å². The fourth-order valence-electron chi connectivity index (χ4n) is 1.15. The maximum atomic E-state index is 8.63. The Bertz CT molecular complexity index is 460. The molecular formula is C10H7FN2. The largest absolute Gasteiger partial charge is 0.269 e. The normalized spacial score (nSPS) is 8.85. The van der Waals surface area contributed by atoms with E-state index in [2.05, 4.69) is 11.1 Å². The summed E-state index contributed by atoms with van der Waals surface area (Å²) in [5.74, 6) is 0. The second-order valence-corrected chi connectivity index (χ2v) is 2.52. The van der Waals surface area contributed by atoms with E-state index < -0.39 is 0 Å². The number of pyridine rings is 1. The van der Waals surface area contributed by atoms with Gasteiger partial charge in [-0.15, -0.1) is 0 Å². The molecule has 0 fully saturated rings. The topological polar surface area (TPSA) is 36.7 Å². The quantitative estimate of drug-likeness (QED) is 0.614. The van der Waals surface area contributed by atoms with E-state index in [1.807, 2.05) is 24.3 Å². The van der Waals surface area contributed by atoms with E-state index in [1.54, 1.807) is 12.3 Å². The summed E-state index contributed by atoms with van der Waals surface area (Å²) in [6, 6.07) is 11.4. The van der Waals surface area contributed by atoms with Crippen molar-refractivity contribution in [3.8, 4) is 6.07 Å². The van der Waals surface area contributed by atoms with Gasteiger partial charge >= 0.3 is 0 Å². The van der Waals surface area contributed by atoms with Crippen molar-refractivity contribution in [2.24, 2.45) is 0 Å². The second-order valence-electron chi connectivity index (χ2n) is 2.52. The minimum atomic E-state index is 0. The number of rotatable bonds is 0. The van der Waals surface area contributed by atoms with Gasteiger partial charge in [-0.2, -0.15) is 5.26 Å². The molecule has 0 unspecified atom stereocenters. The summed E-state index contributed by atoms with van der Waals surface area (Å²) in [5, 5.41) is 9.64. The standard InChI is InChI=1S/C10H6N2.FH/c11-7-8-3-4-10-9(6-8)2-1-5-12-10;/h1-6H;1H. The van der Waals surface area contributed by atoms with Crippen LogP contribution >= 0.6 is 0 Å². The van der Waals surface area contributed by atoms with Crippen molar-refractivity contribution in [1.29, 1.82) is 5.26 Å². The van der Waals surface area contributed by atoms with Crippen molar-refractivity contribution >= 4 is 10.9 Å². The van der Waals surface area contributed by atoms with Gasteiger partial charge in [0, 0.05) is 11.6 Å². The van der Waals surface area contributed by atoms with Gasteiger partial charge in [-0.1, -0.05) is 6.07 Å². The Morgan fingerprint density at radius 2 is 2.08 bits per heavy atom. The molecule has 0 aliphatic carbocycles. The van der Waals surface area contributed by atoms with E-state index in [4.69, 9.17) is 5.26 Å². The van der Waals surface area contributed by atoms with Crippen LogP contribution in [0, 0.1) is 11.3 Å². The van der Waals surface area contributed by atoms with Crippen LogP contribution in [0.5, 0.6) is 0 Å². The minimum absolute atomic E-state index is 0. The van der Waals surface area contributed by atoms with Crippen LogP contribution in [0.25, 0.3) is 10.9 Å². The third-order valence-corrected chi connectivity index (χ3v) is 1.73. The van der Waals surface area contributed by atoms with Crippen LogP contribution in [0.3, 0.4) is 0 Å². The number of aromatic nitrogens is 1. The SMILES string of the molecule is F.N#Cc1ccc2ncccc2c1. The van der Waals surface area contributed by atoms with Crippen LogP contribution in [0.1, 0.15) is 5.56 Å². The minimum Gasteiger partial charge on any atom is -0.269 e. The van der Waals surface area contributed by atoms with Crippen LogP contribution in [-0.2, 0) is 0 Å². The highest BCUT2D eigenvalue weighted by Crippen LogP contribution is 2.11. The van der Waals surface area contributed by atoms with Gasteiger partial charge in [0.15, 0.2) is 0 Å². The molecule has 2 rings (SSSR count). The number of hydrogen-bond donors (Lipinski definition) is 0. The highest BCUT2D eigenvalue weighted by molar-refractivity contribution is 5.79. The predicted molar refractivity (Wildman–Crippen MR) is 49.0 cm³/mol. The van der Waals surface area contributed by atoms with E-state index in [0.717, 1.165) is 10.9 Å². The Balaban J connectivity index is 0.000000845. The van der Waals surface area contributed by atoms with Gasteiger partial charge in [0.1, 0.15) is 0 Å². The summed E-state index contributed by atoms with van der Waals surface area (Å²) in [5.41, 5.74) is 1.60. The first-order valence-electron chi connectivity index (χ1n) is 3.65. The van der Waals surface area contributed by atoms with Gasteiger partial charge in [0.2, 0.25) is 0 Å². The summed E-state index contributed by atoms with van der Waals surface area (Å²) in [6.07, 6.45) is 1.74. The number of nitrogens with zero attached hydrogens (tertiary/aromatic N) is 2. The van der Waals surface area contributed by atoms with Gasteiger partial charge in [0.25, 0.3) is 0 Å². The van der Waals surface area contributed by atoms with Gasteiger partial charge in [-0.3, -0.25) is 9.69 Å². The highest BCUT2D eigenvalue weighted by atomic mass is 19.0. The molecule has 1 aromatic carbocycles. The third-order valence-electron chi connectivity index (χ3n) is 1.73. The number of benzene rings is 1. The van der Waals surface area contributed by atoms with E-state index >= 15 is 0 Å². The molecule has 0 N–H and O–H groups in total. The zero-order valence-electron chi connectivity index (χ0n) is 6.77. The summed E-state index contributed by atoms with van der Waals surface area (Å²) in [7, 11) is 0. The van der Waals surface area contributed by atoms with E-state index in [1.165, 1.54) is 0 Å². The zero-order valence-corrected chi connectivity index (χ0v) is 6.77. The molecule has 0 aliphatic rings. The van der Waals surface area contributed by atoms with Crippen molar-refractivity contribution in [3.63, 3.8) is 0 Å². The Morgan fingerprint density at radius 3 is 2.85 bits per heavy atom. The predicted octanol–water partition coefficient (Wildman–Crippen LogP) is 2.26. The van der Waals surface area contributed by atoms with Crippen molar-refractivity contribution in [3.05, 3.63) is 42.1 Å². The first-order chi connectivity index (χ1) is 5.90. The molecular weight excluding hydrogens is 167 g/mol. The molecule has 0 saturated carbocycles. The molecule has 0 atom stereocenters. The third kappa shape index (κ3) is 1.62. The van der Waals surface area contributed by atoms with Crippen LogP contribution < -0.4 is 0 Å². The first kappa shape index (κ1) is 9.14. The van der Waals surface area contributed by atoms with E-state index in [-0.39, 0.29) is 4.70 Å². The average Bonchev–Trinajstić information content (AvgIpc) is 2.17. The molecule has 13 heavy (non-hydrogen) atoms. The molecule has 0 bridgehead atoms. The monoisotopic (exact) mass is 174 g/mol. The van der Waals surface area contributed by atoms with Crippen LogP contribution in [0.4, 0.5) is 4.70 Å². The smallest absolute Gasteiger partial charge is 0.0991 e. The summed E-state index contributed by atoms with van der Waals surface area (Å²) >= 11 is 0. The van der Waals surface area contributed by atoms with E-state index in [0.29, 0.717) is 5.56 Å². The summed E-state index contributed by atoms with van der Waals surface area (Å²) in [6.45, 7) is 0. The molecule has 1 heterocycles. The van der Waals surface area contributed by atoms with E-state index in [9.17, 15) is 0 Å². The maximum Gasteiger partial charge on any atom is 0.0991 e. The second kappa shape index (κ2) is 3.63. The van der Waals surface area contributed by atoms with Gasteiger partial charge in [-0.05, 0) is 24.3 Å². The lowest BCUT2D eigenvalue weighted by Crippen LogP contribution is -1.78. The van der Waals surface area contributed by atoms with Crippen LogP contribution in [0.2, 0.25) is 0 Å². The molecule has 0 radical (unpaired) electrons. The lowest BCUT2D eigenvalue weighted by atomic mass is 10.1. The molecule has 2 nitrogen and oxygen atoms in total. The Kier molecular flexibility index (Phi) is 2.56. The average molecular weight is 174 g/mol. The fourth-order valence-corrected chi connectivity index (χ4v) is 1.15. The molecule has 0 aliphatic heterocycles. The lowest BCUT2D eigenvalue weighted by Gasteiger charge is -1.94. The number of nitriles is 1. The van der Waals surface area contributed by atoms with Crippen molar-refractivity contribution in [1.82, 2.24) is 4.98 Å². The van der Waals surface area contributed by atoms with Crippen molar-refractivity contribution < 1.29 is 4.70 Å². The number of halogens is 1. The van der Waals surface area contributed by atoms with Crippen LogP contribution in [-0.4, -0.2) is 4.98 Å².